The van der Waals surface area contributed by atoms with Gasteiger partial charge in [-0.1, -0.05) is 19.0 Å². The van der Waals surface area contributed by atoms with E-state index in [1.807, 2.05) is 26.8 Å². The highest BCUT2D eigenvalue weighted by atomic mass is 127. The lowest BCUT2D eigenvalue weighted by molar-refractivity contribution is -0.147. The van der Waals surface area contributed by atoms with Gasteiger partial charge in [0.1, 0.15) is 6.54 Å². The van der Waals surface area contributed by atoms with Crippen LogP contribution in [0.25, 0.3) is 0 Å². The minimum Gasteiger partial charge on any atom is -0.463 e. The Hall–Kier alpha value is -1.32. The second-order valence-electron chi connectivity index (χ2n) is 5.78. The molecule has 0 fully saturated rings. The van der Waals surface area contributed by atoms with Crippen molar-refractivity contribution in [3.63, 3.8) is 0 Å². The van der Waals surface area contributed by atoms with Gasteiger partial charge >= 0.3 is 5.97 Å². The number of esters is 1. The van der Waals surface area contributed by atoms with Crippen molar-refractivity contribution < 1.29 is 14.1 Å². The molecule has 0 aliphatic carbocycles. The van der Waals surface area contributed by atoms with Crippen LogP contribution in [0.15, 0.2) is 15.6 Å². The maximum atomic E-state index is 11.5. The summed E-state index contributed by atoms with van der Waals surface area (Å²) in [4.78, 5) is 15.9. The first-order valence-electron chi connectivity index (χ1n) is 8.09. The number of aromatic nitrogens is 1. The van der Waals surface area contributed by atoms with Gasteiger partial charge in [-0.25, -0.2) is 4.99 Å². The Balaban J connectivity index is 0.00000529. The predicted octanol–water partition coefficient (Wildman–Crippen LogP) is 2.81. The second kappa shape index (κ2) is 12.1. The van der Waals surface area contributed by atoms with E-state index in [0.717, 1.165) is 12.2 Å². The highest BCUT2D eigenvalue weighted by Gasteiger charge is 2.08. The maximum Gasteiger partial charge on any atom is 0.307 e. The molecule has 8 heteroatoms. The first kappa shape index (κ1) is 22.7. The lowest BCUT2D eigenvalue weighted by Crippen LogP contribution is -2.38. The molecular formula is C16H29IN4O3. The average molecular weight is 452 g/mol. The SMILES string of the molecule is CCNC(=NCc1cc(C(C)C)no1)NCCC(=O)OC(C)C.I. The Morgan fingerprint density at radius 3 is 2.58 bits per heavy atom. The van der Waals surface area contributed by atoms with Crippen LogP contribution >= 0.6 is 24.0 Å². The number of carbonyl (C=O) groups excluding carboxylic acids is 1. The van der Waals surface area contributed by atoms with Crippen LogP contribution in [0, 0.1) is 0 Å². The molecule has 0 radical (unpaired) electrons. The molecule has 2 N–H and O–H groups in total. The van der Waals surface area contributed by atoms with Crippen LogP contribution in [0.5, 0.6) is 0 Å². The molecule has 1 aromatic rings. The van der Waals surface area contributed by atoms with Crippen LogP contribution in [-0.2, 0) is 16.1 Å². The van der Waals surface area contributed by atoms with Crippen LogP contribution in [0.2, 0.25) is 0 Å². The Kier molecular flexibility index (Phi) is 11.4. The molecule has 24 heavy (non-hydrogen) atoms. The molecule has 7 nitrogen and oxygen atoms in total. The lowest BCUT2D eigenvalue weighted by Gasteiger charge is -2.11. The second-order valence-corrected chi connectivity index (χ2v) is 5.78. The van der Waals surface area contributed by atoms with E-state index in [0.29, 0.717) is 37.1 Å². The molecule has 0 spiro atoms. The normalized spacial score (nSPS) is 11.4. The van der Waals surface area contributed by atoms with Crippen molar-refractivity contribution >= 4 is 35.9 Å². The number of aliphatic imine (C=N–C) groups is 1. The van der Waals surface area contributed by atoms with Crippen LogP contribution in [0.3, 0.4) is 0 Å². The zero-order valence-electron chi connectivity index (χ0n) is 15.1. The molecule has 0 aliphatic rings. The Morgan fingerprint density at radius 1 is 1.33 bits per heavy atom. The number of carbonyl (C=O) groups is 1. The molecule has 0 aliphatic heterocycles. The van der Waals surface area contributed by atoms with E-state index >= 15 is 0 Å². The fraction of sp³-hybridized carbons (Fsp3) is 0.688. The van der Waals surface area contributed by atoms with Gasteiger partial charge in [0.05, 0.1) is 18.2 Å². The Morgan fingerprint density at radius 2 is 2.04 bits per heavy atom. The van der Waals surface area contributed by atoms with Gasteiger partial charge < -0.3 is 19.9 Å². The summed E-state index contributed by atoms with van der Waals surface area (Å²) < 4.78 is 10.3. The standard InChI is InChI=1S/C16H28N4O3.HI/c1-6-17-16(18-8-7-15(21)22-12(4)5)19-10-13-9-14(11(2)3)20-23-13;/h9,11-12H,6-8,10H2,1-5H3,(H2,17,18,19);1H. The van der Waals surface area contributed by atoms with Gasteiger partial charge in [0.25, 0.3) is 0 Å². The van der Waals surface area contributed by atoms with Crippen molar-refractivity contribution in [2.75, 3.05) is 13.1 Å². The Labute approximate surface area is 161 Å². The van der Waals surface area contributed by atoms with Gasteiger partial charge in [-0.05, 0) is 26.7 Å². The number of rotatable bonds is 8. The molecule has 0 amide bonds. The summed E-state index contributed by atoms with van der Waals surface area (Å²) in [5, 5.41) is 10.2. The van der Waals surface area contributed by atoms with Gasteiger partial charge in [0.2, 0.25) is 0 Å². The number of guanidine groups is 1. The molecule has 0 unspecified atom stereocenters. The van der Waals surface area contributed by atoms with E-state index in [1.165, 1.54) is 0 Å². The predicted molar refractivity (Wildman–Crippen MR) is 105 cm³/mol. The molecule has 1 rings (SSSR count). The highest BCUT2D eigenvalue weighted by Crippen LogP contribution is 2.14. The zero-order chi connectivity index (χ0) is 17.2. The van der Waals surface area contributed by atoms with Crippen molar-refractivity contribution in [2.24, 2.45) is 4.99 Å². The zero-order valence-corrected chi connectivity index (χ0v) is 17.4. The third-order valence-corrected chi connectivity index (χ3v) is 2.89. The average Bonchev–Trinajstić information content (AvgIpc) is 2.93. The fourth-order valence-corrected chi connectivity index (χ4v) is 1.78. The number of halogens is 1. The molecule has 0 atom stereocenters. The lowest BCUT2D eigenvalue weighted by atomic mass is 10.1. The largest absolute Gasteiger partial charge is 0.463 e. The number of hydrogen-bond donors (Lipinski definition) is 2. The topological polar surface area (TPSA) is 88.8 Å². The first-order chi connectivity index (χ1) is 10.9. The van der Waals surface area contributed by atoms with Crippen molar-refractivity contribution in [2.45, 2.75) is 59.6 Å². The molecule has 1 heterocycles. The van der Waals surface area contributed by atoms with E-state index in [1.54, 1.807) is 0 Å². The number of ether oxygens (including phenoxy) is 1. The van der Waals surface area contributed by atoms with Crippen molar-refractivity contribution in [1.82, 2.24) is 15.8 Å². The molecule has 0 saturated heterocycles. The summed E-state index contributed by atoms with van der Waals surface area (Å²) in [5.74, 6) is 1.45. The third kappa shape index (κ3) is 9.09. The quantitative estimate of drug-likeness (QED) is 0.273. The van der Waals surface area contributed by atoms with Crippen LogP contribution in [0.1, 0.15) is 58.4 Å². The molecule has 0 aromatic carbocycles. The molecule has 0 saturated carbocycles. The molecule has 1 aromatic heterocycles. The van der Waals surface area contributed by atoms with Crippen LogP contribution < -0.4 is 10.6 Å². The van der Waals surface area contributed by atoms with E-state index in [-0.39, 0.29) is 36.0 Å². The maximum absolute atomic E-state index is 11.5. The van der Waals surface area contributed by atoms with E-state index < -0.39 is 0 Å². The van der Waals surface area contributed by atoms with Gasteiger partial charge in [0, 0.05) is 19.2 Å². The summed E-state index contributed by atoms with van der Waals surface area (Å²) in [7, 11) is 0. The molecule has 0 bridgehead atoms. The minimum absolute atomic E-state index is 0. The minimum atomic E-state index is -0.222. The van der Waals surface area contributed by atoms with Crippen molar-refractivity contribution in [1.29, 1.82) is 0 Å². The number of hydrogen-bond acceptors (Lipinski definition) is 5. The van der Waals surface area contributed by atoms with Crippen LogP contribution in [0.4, 0.5) is 0 Å². The van der Waals surface area contributed by atoms with Gasteiger partial charge in [-0.3, -0.25) is 4.79 Å². The van der Waals surface area contributed by atoms with Crippen molar-refractivity contribution in [3.05, 3.63) is 17.5 Å². The smallest absolute Gasteiger partial charge is 0.307 e. The number of nitrogens with one attached hydrogen (secondary N) is 2. The van der Waals surface area contributed by atoms with Gasteiger partial charge in [0.15, 0.2) is 11.7 Å². The molecule has 138 valence electrons. The first-order valence-corrected chi connectivity index (χ1v) is 8.09. The van der Waals surface area contributed by atoms with Gasteiger partial charge in [-0.2, -0.15) is 0 Å². The van der Waals surface area contributed by atoms with Crippen LogP contribution in [-0.4, -0.2) is 36.3 Å². The van der Waals surface area contributed by atoms with E-state index in [9.17, 15) is 4.79 Å². The van der Waals surface area contributed by atoms with Gasteiger partial charge in [-0.15, -0.1) is 24.0 Å². The summed E-state index contributed by atoms with van der Waals surface area (Å²) >= 11 is 0. The molecular weight excluding hydrogens is 423 g/mol. The fourth-order valence-electron chi connectivity index (χ4n) is 1.78. The summed E-state index contributed by atoms with van der Waals surface area (Å²) in [6.07, 6.45) is 0.202. The monoisotopic (exact) mass is 452 g/mol. The number of nitrogens with zero attached hydrogens (tertiary/aromatic N) is 2. The Bertz CT molecular complexity index is 515. The third-order valence-electron chi connectivity index (χ3n) is 2.89. The summed E-state index contributed by atoms with van der Waals surface area (Å²) in [6.45, 7) is 11.4. The summed E-state index contributed by atoms with van der Waals surface area (Å²) in [5.41, 5.74) is 0.921. The highest BCUT2D eigenvalue weighted by molar-refractivity contribution is 14.0. The van der Waals surface area contributed by atoms with E-state index in [4.69, 9.17) is 9.26 Å². The summed E-state index contributed by atoms with van der Waals surface area (Å²) in [6, 6.07) is 1.91. The van der Waals surface area contributed by atoms with Crippen molar-refractivity contribution in [3.8, 4) is 0 Å². The van der Waals surface area contributed by atoms with E-state index in [2.05, 4.69) is 34.6 Å².